The van der Waals surface area contributed by atoms with Crippen LogP contribution in [0.25, 0.3) is 0 Å². The van der Waals surface area contributed by atoms with E-state index in [1.54, 1.807) is 6.92 Å². The van der Waals surface area contributed by atoms with Crippen LogP contribution in [0, 0.1) is 5.92 Å². The Hall–Kier alpha value is -0.340. The van der Waals surface area contributed by atoms with Gasteiger partial charge in [-0.15, -0.1) is 0 Å². The van der Waals surface area contributed by atoms with Crippen molar-refractivity contribution in [2.45, 2.75) is 52.2 Å². The second-order valence-corrected chi connectivity index (χ2v) is 3.56. The third-order valence-electron chi connectivity index (χ3n) is 2.26. The highest BCUT2D eigenvalue weighted by Gasteiger charge is 2.19. The van der Waals surface area contributed by atoms with E-state index in [0.29, 0.717) is 0 Å². The first-order valence-electron chi connectivity index (χ1n) is 5.12. The fraction of sp³-hybridized carbons (Fsp3) is 0.818. The zero-order chi connectivity index (χ0) is 10.3. The van der Waals surface area contributed by atoms with Gasteiger partial charge >= 0.3 is 0 Å². The SMILES string of the molecule is C/C=C/[C@H](CCCC)[C@@H](O)C(C)O. The highest BCUT2D eigenvalue weighted by atomic mass is 16.3. The highest BCUT2D eigenvalue weighted by Crippen LogP contribution is 2.17. The van der Waals surface area contributed by atoms with Crippen LogP contribution in [0.4, 0.5) is 0 Å². The van der Waals surface area contributed by atoms with Gasteiger partial charge in [-0.3, -0.25) is 0 Å². The molecule has 78 valence electrons. The van der Waals surface area contributed by atoms with Gasteiger partial charge < -0.3 is 10.2 Å². The van der Waals surface area contributed by atoms with Crippen LogP contribution in [-0.2, 0) is 0 Å². The normalized spacial score (nSPS) is 18.8. The summed E-state index contributed by atoms with van der Waals surface area (Å²) in [5.41, 5.74) is 0. The van der Waals surface area contributed by atoms with Crippen LogP contribution in [0.5, 0.6) is 0 Å². The zero-order valence-corrected chi connectivity index (χ0v) is 8.90. The topological polar surface area (TPSA) is 40.5 Å². The van der Waals surface area contributed by atoms with Crippen molar-refractivity contribution in [3.63, 3.8) is 0 Å². The van der Waals surface area contributed by atoms with E-state index < -0.39 is 12.2 Å². The Morgan fingerprint density at radius 1 is 1.31 bits per heavy atom. The van der Waals surface area contributed by atoms with E-state index >= 15 is 0 Å². The van der Waals surface area contributed by atoms with E-state index in [2.05, 4.69) is 6.92 Å². The lowest BCUT2D eigenvalue weighted by molar-refractivity contribution is 0.00295. The fourth-order valence-electron chi connectivity index (χ4n) is 1.43. The number of aliphatic hydroxyl groups excluding tert-OH is 2. The summed E-state index contributed by atoms with van der Waals surface area (Å²) in [5.74, 6) is 0.102. The molecule has 3 atom stereocenters. The molecule has 0 aliphatic carbocycles. The summed E-state index contributed by atoms with van der Waals surface area (Å²) in [6.07, 6.45) is 5.83. The Kier molecular flexibility index (Phi) is 6.92. The van der Waals surface area contributed by atoms with Gasteiger partial charge in [0.15, 0.2) is 0 Å². The molecule has 0 fully saturated rings. The molecule has 13 heavy (non-hydrogen) atoms. The molecule has 2 heteroatoms. The second-order valence-electron chi connectivity index (χ2n) is 3.56. The standard InChI is InChI=1S/C11H22O2/c1-4-6-8-10(7-5-2)11(13)9(3)12/h5,7,9-13H,4,6,8H2,1-3H3/b7-5+/t9?,10-,11+/m1/s1. The Bertz CT molecular complexity index is 141. The van der Waals surface area contributed by atoms with Gasteiger partial charge in [-0.25, -0.2) is 0 Å². The smallest absolute Gasteiger partial charge is 0.0858 e. The van der Waals surface area contributed by atoms with Gasteiger partial charge in [0, 0.05) is 5.92 Å². The van der Waals surface area contributed by atoms with Crippen LogP contribution in [0.3, 0.4) is 0 Å². The summed E-state index contributed by atoms with van der Waals surface area (Å²) in [5, 5.41) is 18.9. The van der Waals surface area contributed by atoms with Gasteiger partial charge in [0.25, 0.3) is 0 Å². The van der Waals surface area contributed by atoms with Crippen LogP contribution in [0.1, 0.15) is 40.0 Å². The molecule has 0 rings (SSSR count). The van der Waals surface area contributed by atoms with Gasteiger partial charge in [-0.1, -0.05) is 31.9 Å². The monoisotopic (exact) mass is 186 g/mol. The molecule has 0 radical (unpaired) electrons. The summed E-state index contributed by atoms with van der Waals surface area (Å²) in [6.45, 7) is 5.70. The molecule has 0 aromatic rings. The van der Waals surface area contributed by atoms with E-state index in [1.807, 2.05) is 19.1 Å². The maximum atomic E-state index is 9.64. The quantitative estimate of drug-likeness (QED) is 0.624. The molecule has 0 aliphatic rings. The van der Waals surface area contributed by atoms with Crippen molar-refractivity contribution in [1.29, 1.82) is 0 Å². The van der Waals surface area contributed by atoms with Gasteiger partial charge in [-0.05, 0) is 20.3 Å². The average Bonchev–Trinajstić information content (AvgIpc) is 2.11. The average molecular weight is 186 g/mol. The van der Waals surface area contributed by atoms with Crippen LogP contribution >= 0.6 is 0 Å². The summed E-state index contributed by atoms with van der Waals surface area (Å²) in [7, 11) is 0. The number of hydrogen-bond acceptors (Lipinski definition) is 2. The summed E-state index contributed by atoms with van der Waals surface area (Å²) < 4.78 is 0. The van der Waals surface area contributed by atoms with Crippen molar-refractivity contribution in [1.82, 2.24) is 0 Å². The summed E-state index contributed by atoms with van der Waals surface area (Å²) in [4.78, 5) is 0. The van der Waals surface area contributed by atoms with E-state index in [4.69, 9.17) is 0 Å². The largest absolute Gasteiger partial charge is 0.391 e. The van der Waals surface area contributed by atoms with E-state index in [1.165, 1.54) is 0 Å². The number of aliphatic hydroxyl groups is 2. The van der Waals surface area contributed by atoms with Crippen molar-refractivity contribution in [2.24, 2.45) is 5.92 Å². The molecule has 0 heterocycles. The van der Waals surface area contributed by atoms with Crippen molar-refractivity contribution < 1.29 is 10.2 Å². The van der Waals surface area contributed by atoms with Gasteiger partial charge in [0.05, 0.1) is 12.2 Å². The first-order valence-corrected chi connectivity index (χ1v) is 5.12. The van der Waals surface area contributed by atoms with Gasteiger partial charge in [-0.2, -0.15) is 0 Å². The minimum absolute atomic E-state index is 0.102. The number of rotatable bonds is 6. The lowest BCUT2D eigenvalue weighted by atomic mass is 9.92. The van der Waals surface area contributed by atoms with E-state index in [0.717, 1.165) is 19.3 Å². The molecule has 0 aromatic carbocycles. The van der Waals surface area contributed by atoms with E-state index in [9.17, 15) is 10.2 Å². The van der Waals surface area contributed by atoms with Crippen molar-refractivity contribution in [3.05, 3.63) is 12.2 Å². The van der Waals surface area contributed by atoms with Gasteiger partial charge in [0.1, 0.15) is 0 Å². The van der Waals surface area contributed by atoms with Crippen LogP contribution < -0.4 is 0 Å². The first kappa shape index (κ1) is 12.7. The molecule has 2 nitrogen and oxygen atoms in total. The molecule has 0 amide bonds. The van der Waals surface area contributed by atoms with E-state index in [-0.39, 0.29) is 5.92 Å². The molecular formula is C11H22O2. The van der Waals surface area contributed by atoms with Crippen molar-refractivity contribution >= 4 is 0 Å². The molecule has 0 saturated heterocycles. The molecule has 0 saturated carbocycles. The highest BCUT2D eigenvalue weighted by molar-refractivity contribution is 4.91. The predicted molar refractivity (Wildman–Crippen MR) is 55.5 cm³/mol. The van der Waals surface area contributed by atoms with Crippen LogP contribution in [0.15, 0.2) is 12.2 Å². The minimum Gasteiger partial charge on any atom is -0.391 e. The van der Waals surface area contributed by atoms with Gasteiger partial charge in [0.2, 0.25) is 0 Å². The fourth-order valence-corrected chi connectivity index (χ4v) is 1.43. The third-order valence-corrected chi connectivity index (χ3v) is 2.26. The second kappa shape index (κ2) is 7.10. The number of hydrogen-bond donors (Lipinski definition) is 2. The van der Waals surface area contributed by atoms with Crippen molar-refractivity contribution in [2.75, 3.05) is 0 Å². The third kappa shape index (κ3) is 5.06. The summed E-state index contributed by atoms with van der Waals surface area (Å²) in [6, 6.07) is 0. The van der Waals surface area contributed by atoms with Crippen molar-refractivity contribution in [3.8, 4) is 0 Å². The number of allylic oxidation sites excluding steroid dienone is 1. The Balaban J connectivity index is 4.06. The molecular weight excluding hydrogens is 164 g/mol. The van der Waals surface area contributed by atoms with Crippen LogP contribution in [-0.4, -0.2) is 22.4 Å². The molecule has 0 aromatic heterocycles. The first-order chi connectivity index (χ1) is 6.13. The molecule has 1 unspecified atom stereocenters. The molecule has 2 N–H and O–H groups in total. The molecule has 0 bridgehead atoms. The summed E-state index contributed by atoms with van der Waals surface area (Å²) >= 11 is 0. The maximum absolute atomic E-state index is 9.64. The van der Waals surface area contributed by atoms with Crippen LogP contribution in [0.2, 0.25) is 0 Å². The lowest BCUT2D eigenvalue weighted by Crippen LogP contribution is -2.30. The Morgan fingerprint density at radius 2 is 1.92 bits per heavy atom. The molecule has 0 spiro atoms. The zero-order valence-electron chi connectivity index (χ0n) is 8.90. The molecule has 0 aliphatic heterocycles. The Labute approximate surface area is 81.3 Å². The minimum atomic E-state index is -0.641. The lowest BCUT2D eigenvalue weighted by Gasteiger charge is -2.21. The number of unbranched alkanes of at least 4 members (excludes halogenated alkanes) is 1. The Morgan fingerprint density at radius 3 is 2.31 bits per heavy atom. The maximum Gasteiger partial charge on any atom is 0.0858 e. The predicted octanol–water partition coefficient (Wildman–Crippen LogP) is 2.11.